The smallest absolute Gasteiger partial charge is 0.269 e. The Morgan fingerprint density at radius 3 is 2.56 bits per heavy atom. The van der Waals surface area contributed by atoms with Crippen molar-refractivity contribution in [3.8, 4) is 17.1 Å². The van der Waals surface area contributed by atoms with E-state index in [1.54, 1.807) is 12.1 Å². The number of nitro benzene ring substituents is 1. The molecule has 0 aliphatic carbocycles. The van der Waals surface area contributed by atoms with Gasteiger partial charge in [-0.2, -0.15) is 0 Å². The van der Waals surface area contributed by atoms with Gasteiger partial charge in [-0.25, -0.2) is 0 Å². The van der Waals surface area contributed by atoms with E-state index >= 15 is 0 Å². The lowest BCUT2D eigenvalue weighted by Gasteiger charge is -2.19. The number of non-ortho nitro benzene ring substituents is 1. The summed E-state index contributed by atoms with van der Waals surface area (Å²) >= 11 is 7.72. The zero-order valence-corrected chi connectivity index (χ0v) is 19.7. The van der Waals surface area contributed by atoms with Gasteiger partial charge < -0.3 is 9.32 Å². The van der Waals surface area contributed by atoms with Gasteiger partial charge in [0.1, 0.15) is 0 Å². The predicted molar refractivity (Wildman–Crippen MR) is 128 cm³/mol. The molecular weight excluding hydrogens is 478 g/mol. The lowest BCUT2D eigenvalue weighted by molar-refractivity contribution is -0.384. The van der Waals surface area contributed by atoms with E-state index in [4.69, 9.17) is 16.0 Å². The molecule has 0 bridgehead atoms. The van der Waals surface area contributed by atoms with Crippen LogP contribution < -0.4 is 4.90 Å². The number of aromatic nitrogens is 5. The monoisotopic (exact) mass is 497 g/mol. The van der Waals surface area contributed by atoms with Crippen LogP contribution in [0.4, 0.5) is 11.6 Å². The summed E-state index contributed by atoms with van der Waals surface area (Å²) in [5, 5.41) is 29.2. The van der Waals surface area contributed by atoms with Gasteiger partial charge in [-0.1, -0.05) is 29.4 Å². The normalized spacial score (nSPS) is 14.5. The minimum Gasteiger partial charge on any atom is -0.419 e. The Morgan fingerprint density at radius 1 is 1.09 bits per heavy atom. The van der Waals surface area contributed by atoms with Gasteiger partial charge in [0, 0.05) is 35.8 Å². The van der Waals surface area contributed by atoms with Crippen molar-refractivity contribution in [1.82, 2.24) is 25.0 Å². The number of nitro groups is 1. The second-order valence-electron chi connectivity index (χ2n) is 7.80. The van der Waals surface area contributed by atoms with E-state index < -0.39 is 4.92 Å². The maximum Gasteiger partial charge on any atom is 0.269 e. The van der Waals surface area contributed by atoms with Crippen LogP contribution >= 0.6 is 23.4 Å². The van der Waals surface area contributed by atoms with Crippen molar-refractivity contribution in [1.29, 1.82) is 0 Å². The number of nitrogens with zero attached hydrogens (tertiary/aromatic N) is 7. The van der Waals surface area contributed by atoms with Gasteiger partial charge in [-0.3, -0.25) is 14.7 Å². The standard InChI is InChI=1S/C22H20ClN7O3S/c1-14(19-24-25-20(33-19)15-7-9-17(10-8-15)30(31)32)34-22-27-26-21(28-11-2-3-12-28)29(22)18-6-4-5-16(23)13-18/h4-10,13-14H,2-3,11-12H2,1H3. The summed E-state index contributed by atoms with van der Waals surface area (Å²) in [6.45, 7) is 3.81. The highest BCUT2D eigenvalue weighted by Crippen LogP contribution is 2.38. The molecule has 12 heteroatoms. The van der Waals surface area contributed by atoms with Crippen LogP contribution in [-0.2, 0) is 0 Å². The van der Waals surface area contributed by atoms with Crippen molar-refractivity contribution in [3.05, 3.63) is 69.6 Å². The summed E-state index contributed by atoms with van der Waals surface area (Å²) in [6, 6.07) is 13.6. The molecule has 2 aromatic carbocycles. The van der Waals surface area contributed by atoms with Crippen LogP contribution in [0.3, 0.4) is 0 Å². The van der Waals surface area contributed by atoms with Crippen molar-refractivity contribution in [2.24, 2.45) is 0 Å². The van der Waals surface area contributed by atoms with Crippen LogP contribution in [0.5, 0.6) is 0 Å². The maximum atomic E-state index is 10.9. The third kappa shape index (κ3) is 4.48. The van der Waals surface area contributed by atoms with E-state index in [9.17, 15) is 10.1 Å². The molecule has 1 atom stereocenters. The molecule has 2 aromatic heterocycles. The second-order valence-corrected chi connectivity index (χ2v) is 9.55. The third-order valence-corrected chi connectivity index (χ3v) is 6.73. The number of thioether (sulfide) groups is 1. The highest BCUT2D eigenvalue weighted by Gasteiger charge is 2.25. The maximum absolute atomic E-state index is 10.9. The van der Waals surface area contributed by atoms with Crippen molar-refractivity contribution >= 4 is 35.0 Å². The topological polar surface area (TPSA) is 116 Å². The van der Waals surface area contributed by atoms with Gasteiger partial charge in [0.05, 0.1) is 15.9 Å². The highest BCUT2D eigenvalue weighted by molar-refractivity contribution is 7.99. The molecule has 4 aromatic rings. The summed E-state index contributed by atoms with van der Waals surface area (Å²) < 4.78 is 7.88. The van der Waals surface area contributed by atoms with Crippen LogP contribution in [0.2, 0.25) is 5.02 Å². The average Bonchev–Trinajstić information content (AvgIpc) is 3.59. The molecule has 0 saturated carbocycles. The Kier molecular flexibility index (Phi) is 6.20. The van der Waals surface area contributed by atoms with Gasteiger partial charge in [0.25, 0.3) is 5.69 Å². The van der Waals surface area contributed by atoms with E-state index in [0.29, 0.717) is 27.5 Å². The molecule has 1 aliphatic heterocycles. The number of benzene rings is 2. The minimum atomic E-state index is -0.450. The van der Waals surface area contributed by atoms with Crippen LogP contribution in [0.15, 0.2) is 58.1 Å². The number of hydrogen-bond donors (Lipinski definition) is 0. The number of halogens is 1. The highest BCUT2D eigenvalue weighted by atomic mass is 35.5. The molecule has 1 fully saturated rings. The van der Waals surface area contributed by atoms with Crippen LogP contribution in [0.1, 0.15) is 30.9 Å². The summed E-state index contributed by atoms with van der Waals surface area (Å²) in [6.07, 6.45) is 2.24. The Morgan fingerprint density at radius 2 is 1.85 bits per heavy atom. The van der Waals surface area contributed by atoms with Gasteiger partial charge in [0.2, 0.25) is 17.7 Å². The summed E-state index contributed by atoms with van der Waals surface area (Å²) in [7, 11) is 0. The molecule has 1 unspecified atom stereocenters. The van der Waals surface area contributed by atoms with E-state index in [1.165, 1.54) is 23.9 Å². The molecular formula is C22H20ClN7O3S. The van der Waals surface area contributed by atoms with Gasteiger partial charge >= 0.3 is 0 Å². The van der Waals surface area contributed by atoms with Crippen molar-refractivity contribution in [2.75, 3.05) is 18.0 Å². The van der Waals surface area contributed by atoms with Crippen molar-refractivity contribution < 1.29 is 9.34 Å². The summed E-state index contributed by atoms with van der Waals surface area (Å²) in [5.74, 6) is 1.50. The molecule has 10 nitrogen and oxygen atoms in total. The van der Waals surface area contributed by atoms with Gasteiger partial charge in [0.15, 0.2) is 5.16 Å². The first kappa shape index (κ1) is 22.4. The first-order valence-corrected chi connectivity index (χ1v) is 12.0. The van der Waals surface area contributed by atoms with Crippen LogP contribution in [-0.4, -0.2) is 43.0 Å². The van der Waals surface area contributed by atoms with E-state index in [1.807, 2.05) is 35.8 Å². The molecule has 5 rings (SSSR count). The number of rotatable bonds is 7. The lowest BCUT2D eigenvalue weighted by Crippen LogP contribution is -2.22. The molecule has 1 saturated heterocycles. The van der Waals surface area contributed by atoms with E-state index in [0.717, 1.165) is 37.6 Å². The van der Waals surface area contributed by atoms with E-state index in [-0.39, 0.29) is 10.9 Å². The average molecular weight is 498 g/mol. The zero-order valence-electron chi connectivity index (χ0n) is 18.2. The largest absolute Gasteiger partial charge is 0.419 e. The second kappa shape index (κ2) is 9.43. The Bertz CT molecular complexity index is 1320. The van der Waals surface area contributed by atoms with Gasteiger partial charge in [-0.15, -0.1) is 20.4 Å². The predicted octanol–water partition coefficient (Wildman–Crippen LogP) is 5.33. The SMILES string of the molecule is CC(Sc1nnc(N2CCCC2)n1-c1cccc(Cl)c1)c1nnc(-c2ccc([N+](=O)[O-])cc2)o1. The molecule has 0 N–H and O–H groups in total. The minimum absolute atomic E-state index is 0.00145. The summed E-state index contributed by atoms with van der Waals surface area (Å²) in [5.41, 5.74) is 1.49. The fourth-order valence-corrected chi connectivity index (χ4v) is 4.83. The lowest BCUT2D eigenvalue weighted by atomic mass is 10.2. The molecule has 0 amide bonds. The summed E-state index contributed by atoms with van der Waals surface area (Å²) in [4.78, 5) is 12.7. The number of anilines is 1. The Hall–Kier alpha value is -3.44. The fraction of sp³-hybridized carbons (Fsp3) is 0.273. The quantitative estimate of drug-likeness (QED) is 0.189. The Labute approximate surface area is 204 Å². The molecule has 1 aliphatic rings. The van der Waals surface area contributed by atoms with Crippen LogP contribution in [0.25, 0.3) is 17.1 Å². The van der Waals surface area contributed by atoms with E-state index in [2.05, 4.69) is 25.3 Å². The van der Waals surface area contributed by atoms with Gasteiger partial charge in [-0.05, 0) is 50.1 Å². The molecule has 0 spiro atoms. The first-order chi connectivity index (χ1) is 16.5. The first-order valence-electron chi connectivity index (χ1n) is 10.7. The zero-order chi connectivity index (χ0) is 23.7. The third-order valence-electron chi connectivity index (χ3n) is 5.47. The molecule has 174 valence electrons. The molecule has 34 heavy (non-hydrogen) atoms. The molecule has 0 radical (unpaired) electrons. The van der Waals surface area contributed by atoms with Crippen molar-refractivity contribution in [2.45, 2.75) is 30.2 Å². The van der Waals surface area contributed by atoms with Crippen molar-refractivity contribution in [3.63, 3.8) is 0 Å². The molecule has 3 heterocycles. The fourth-order valence-electron chi connectivity index (χ4n) is 3.75. The Balaban J connectivity index is 1.42. The van der Waals surface area contributed by atoms with Crippen LogP contribution in [0, 0.1) is 10.1 Å². The number of hydrogen-bond acceptors (Lipinski definition) is 9.